The topological polar surface area (TPSA) is 21.3 Å². The van der Waals surface area contributed by atoms with Crippen molar-refractivity contribution in [1.29, 1.82) is 0 Å². The van der Waals surface area contributed by atoms with E-state index >= 15 is 0 Å². The molecule has 0 heterocycles. The highest BCUT2D eigenvalue weighted by molar-refractivity contribution is 5.59. The molecule has 0 fully saturated rings. The second-order valence-electron chi connectivity index (χ2n) is 6.20. The molecule has 19 heavy (non-hydrogen) atoms. The zero-order valence-electron chi connectivity index (χ0n) is 13.3. The zero-order valence-corrected chi connectivity index (χ0v) is 13.3. The number of benzene rings is 1. The van der Waals surface area contributed by atoms with Gasteiger partial charge in [-0.1, -0.05) is 47.1 Å². The number of hydrogen-bond donors (Lipinski definition) is 1. The summed E-state index contributed by atoms with van der Waals surface area (Å²) in [6.07, 6.45) is 3.53. The normalized spacial score (nSPS) is 13.2. The molecule has 0 aromatic heterocycles. The molecule has 1 unspecified atom stereocenters. The molecule has 1 aromatic carbocycles. The summed E-state index contributed by atoms with van der Waals surface area (Å²) in [5.74, 6) is 0.933. The van der Waals surface area contributed by atoms with Gasteiger partial charge in [0.05, 0.1) is 12.8 Å². The van der Waals surface area contributed by atoms with Crippen LogP contribution in [0.25, 0.3) is 0 Å². The van der Waals surface area contributed by atoms with Crippen LogP contribution in [0.4, 0.5) is 5.69 Å². The molecule has 0 amide bonds. The lowest BCUT2D eigenvalue weighted by Gasteiger charge is -2.24. The highest BCUT2D eigenvalue weighted by Crippen LogP contribution is 2.32. The van der Waals surface area contributed by atoms with Gasteiger partial charge in [-0.25, -0.2) is 0 Å². The van der Waals surface area contributed by atoms with Crippen LogP contribution in [0.3, 0.4) is 0 Å². The van der Waals surface area contributed by atoms with Crippen molar-refractivity contribution in [2.75, 3.05) is 12.4 Å². The lowest BCUT2D eigenvalue weighted by molar-refractivity contribution is 0.415. The first kappa shape index (κ1) is 15.9. The quantitative estimate of drug-likeness (QED) is 0.781. The molecule has 2 heteroatoms. The summed E-state index contributed by atoms with van der Waals surface area (Å²) in [4.78, 5) is 0. The van der Waals surface area contributed by atoms with Gasteiger partial charge in [-0.3, -0.25) is 0 Å². The van der Waals surface area contributed by atoms with Gasteiger partial charge in [0.15, 0.2) is 0 Å². The minimum atomic E-state index is 0.162. The Balaban J connectivity index is 3.02. The van der Waals surface area contributed by atoms with Gasteiger partial charge in [-0.05, 0) is 36.0 Å². The van der Waals surface area contributed by atoms with Crippen molar-refractivity contribution in [2.24, 2.45) is 0 Å². The summed E-state index contributed by atoms with van der Waals surface area (Å²) in [6, 6.07) is 6.98. The highest BCUT2D eigenvalue weighted by Gasteiger charge is 2.17. The van der Waals surface area contributed by atoms with Crippen LogP contribution >= 0.6 is 0 Å². The fraction of sp³-hybridized carbons (Fsp3) is 0.647. The molecule has 0 aliphatic carbocycles. The molecule has 0 aliphatic rings. The van der Waals surface area contributed by atoms with Gasteiger partial charge in [0, 0.05) is 6.04 Å². The predicted octanol–water partition coefficient (Wildman–Crippen LogP) is 4.98. The van der Waals surface area contributed by atoms with E-state index in [1.54, 1.807) is 7.11 Å². The van der Waals surface area contributed by atoms with E-state index in [1.807, 2.05) is 0 Å². The van der Waals surface area contributed by atoms with E-state index in [-0.39, 0.29) is 5.41 Å². The van der Waals surface area contributed by atoms with Crippen molar-refractivity contribution in [2.45, 2.75) is 65.3 Å². The fourth-order valence-electron chi connectivity index (χ4n) is 2.23. The molecule has 0 aliphatic heterocycles. The van der Waals surface area contributed by atoms with Crippen LogP contribution in [0.15, 0.2) is 18.2 Å². The molecule has 2 nitrogen and oxygen atoms in total. The number of methoxy groups -OCH3 is 1. The second kappa shape index (κ2) is 6.83. The Morgan fingerprint density at radius 1 is 1.21 bits per heavy atom. The van der Waals surface area contributed by atoms with Crippen LogP contribution in [0, 0.1) is 0 Å². The Labute approximate surface area is 118 Å². The van der Waals surface area contributed by atoms with Gasteiger partial charge in [0.2, 0.25) is 0 Å². The number of anilines is 1. The Morgan fingerprint density at radius 3 is 2.37 bits per heavy atom. The van der Waals surface area contributed by atoms with Crippen molar-refractivity contribution in [3.63, 3.8) is 0 Å². The summed E-state index contributed by atoms with van der Waals surface area (Å²) >= 11 is 0. The van der Waals surface area contributed by atoms with Crippen molar-refractivity contribution in [1.82, 2.24) is 0 Å². The third-order valence-electron chi connectivity index (χ3n) is 3.56. The molecular formula is C17H29NO. The van der Waals surface area contributed by atoms with Crippen molar-refractivity contribution >= 4 is 5.69 Å². The summed E-state index contributed by atoms with van der Waals surface area (Å²) in [6.45, 7) is 11.2. The van der Waals surface area contributed by atoms with E-state index in [2.05, 4.69) is 58.1 Å². The van der Waals surface area contributed by atoms with Crippen LogP contribution in [0.5, 0.6) is 5.75 Å². The average molecular weight is 263 g/mol. The lowest BCUT2D eigenvalue weighted by Crippen LogP contribution is -2.19. The van der Waals surface area contributed by atoms with Crippen molar-refractivity contribution in [3.8, 4) is 5.75 Å². The first-order chi connectivity index (χ1) is 8.92. The van der Waals surface area contributed by atoms with Gasteiger partial charge in [-0.15, -0.1) is 0 Å². The van der Waals surface area contributed by atoms with E-state index in [0.717, 1.165) is 17.9 Å². The number of hydrogen-bond acceptors (Lipinski definition) is 2. The zero-order chi connectivity index (χ0) is 14.5. The number of nitrogens with one attached hydrogen (secondary N) is 1. The largest absolute Gasteiger partial charge is 0.495 e. The lowest BCUT2D eigenvalue weighted by atomic mass is 9.86. The summed E-state index contributed by atoms with van der Waals surface area (Å²) in [5.41, 5.74) is 2.62. The Kier molecular flexibility index (Phi) is 5.71. The molecule has 1 N–H and O–H groups in total. The Hall–Kier alpha value is -1.18. The molecule has 1 aromatic rings. The highest BCUT2D eigenvalue weighted by atomic mass is 16.5. The van der Waals surface area contributed by atoms with E-state index in [4.69, 9.17) is 4.74 Å². The predicted molar refractivity (Wildman–Crippen MR) is 84.3 cm³/mol. The van der Waals surface area contributed by atoms with Crippen LogP contribution in [-0.4, -0.2) is 13.2 Å². The van der Waals surface area contributed by atoms with Gasteiger partial charge >= 0.3 is 0 Å². The maximum Gasteiger partial charge on any atom is 0.141 e. The first-order valence-corrected chi connectivity index (χ1v) is 7.37. The van der Waals surface area contributed by atoms with E-state index < -0.39 is 0 Å². The molecule has 1 atom stereocenters. The SMILES string of the molecule is CCCC(CC)Nc1cc(C(C)(C)C)ccc1OC. The maximum atomic E-state index is 5.47. The van der Waals surface area contributed by atoms with E-state index in [0.29, 0.717) is 6.04 Å². The number of ether oxygens (including phenoxy) is 1. The molecule has 0 saturated carbocycles. The average Bonchev–Trinajstić information content (AvgIpc) is 2.37. The van der Waals surface area contributed by atoms with Crippen molar-refractivity contribution in [3.05, 3.63) is 23.8 Å². The van der Waals surface area contributed by atoms with Gasteiger partial charge in [0.25, 0.3) is 0 Å². The van der Waals surface area contributed by atoms with E-state index in [9.17, 15) is 0 Å². The third-order valence-corrected chi connectivity index (χ3v) is 3.56. The Bertz CT molecular complexity index is 393. The van der Waals surface area contributed by atoms with Gasteiger partial charge in [0.1, 0.15) is 5.75 Å². The van der Waals surface area contributed by atoms with Gasteiger partial charge < -0.3 is 10.1 Å². The summed E-state index contributed by atoms with van der Waals surface area (Å²) < 4.78 is 5.47. The summed E-state index contributed by atoms with van der Waals surface area (Å²) in [7, 11) is 1.73. The summed E-state index contributed by atoms with van der Waals surface area (Å²) in [5, 5.41) is 3.64. The van der Waals surface area contributed by atoms with Crippen LogP contribution in [-0.2, 0) is 5.41 Å². The second-order valence-corrected chi connectivity index (χ2v) is 6.20. The molecule has 108 valence electrons. The molecule has 0 spiro atoms. The van der Waals surface area contributed by atoms with E-state index in [1.165, 1.54) is 18.4 Å². The first-order valence-electron chi connectivity index (χ1n) is 7.37. The maximum absolute atomic E-state index is 5.47. The molecular weight excluding hydrogens is 234 g/mol. The molecule has 0 saturated heterocycles. The standard InChI is InChI=1S/C17H29NO/c1-7-9-14(8-2)18-15-12-13(17(3,4)5)10-11-16(15)19-6/h10-12,14,18H,7-9H2,1-6H3. The Morgan fingerprint density at radius 2 is 1.89 bits per heavy atom. The minimum absolute atomic E-state index is 0.162. The van der Waals surface area contributed by atoms with Crippen LogP contribution < -0.4 is 10.1 Å². The molecule has 0 radical (unpaired) electrons. The smallest absolute Gasteiger partial charge is 0.141 e. The monoisotopic (exact) mass is 263 g/mol. The fourth-order valence-corrected chi connectivity index (χ4v) is 2.23. The van der Waals surface area contributed by atoms with Crippen LogP contribution in [0.2, 0.25) is 0 Å². The third kappa shape index (κ3) is 4.45. The number of rotatable bonds is 6. The minimum Gasteiger partial charge on any atom is -0.495 e. The molecule has 1 rings (SSSR count). The van der Waals surface area contributed by atoms with Crippen molar-refractivity contribution < 1.29 is 4.74 Å². The van der Waals surface area contributed by atoms with Crippen LogP contribution in [0.1, 0.15) is 59.4 Å². The molecule has 0 bridgehead atoms. The van der Waals surface area contributed by atoms with Gasteiger partial charge in [-0.2, -0.15) is 0 Å².